The normalized spacial score (nSPS) is 13.4. The lowest BCUT2D eigenvalue weighted by molar-refractivity contribution is 0.195. The highest BCUT2D eigenvalue weighted by atomic mass is 28.4. The van der Waals surface area contributed by atoms with Crippen molar-refractivity contribution < 1.29 is 18.4 Å². The number of carbonyl (C=O) groups excluding carboxylic acids is 2. The second kappa shape index (κ2) is 15.2. The van der Waals surface area contributed by atoms with Crippen LogP contribution in [0.1, 0.15) is 83.1 Å². The summed E-state index contributed by atoms with van der Waals surface area (Å²) in [5, 5.41) is 7.40. The van der Waals surface area contributed by atoms with Crippen molar-refractivity contribution in [3.8, 4) is 0 Å². The highest BCUT2D eigenvalue weighted by molar-refractivity contribution is 6.75. The molecule has 0 N–H and O–H groups in total. The van der Waals surface area contributed by atoms with E-state index in [1.54, 1.807) is 0 Å². The van der Waals surface area contributed by atoms with Crippen LogP contribution in [-0.4, -0.2) is 28.8 Å². The molecule has 0 heterocycles. The maximum Gasteiger partial charge on any atom is 0.439 e. The van der Waals surface area contributed by atoms with E-state index in [0.717, 1.165) is 36.3 Å². The molecule has 0 radical (unpaired) electrons. The van der Waals surface area contributed by atoms with Gasteiger partial charge in [-0.25, -0.2) is 9.59 Å². The fourth-order valence-corrected chi connectivity index (χ4v) is 17.0. The summed E-state index contributed by atoms with van der Waals surface area (Å²) in [6, 6.07) is 5.35. The van der Waals surface area contributed by atoms with Crippen molar-refractivity contribution in [3.05, 3.63) is 0 Å². The third kappa shape index (κ3) is 14.4. The topological polar surface area (TPSA) is 77.3 Å². The van der Waals surface area contributed by atoms with E-state index in [2.05, 4.69) is 93.3 Å². The number of azo groups is 1. The van der Waals surface area contributed by atoms with Gasteiger partial charge in [0, 0.05) is 0 Å². The van der Waals surface area contributed by atoms with E-state index >= 15 is 0 Å². The van der Waals surface area contributed by atoms with Gasteiger partial charge in [0.15, 0.2) is 0 Å². The van der Waals surface area contributed by atoms with Crippen LogP contribution in [0.15, 0.2) is 10.2 Å². The van der Waals surface area contributed by atoms with Gasteiger partial charge in [-0.2, -0.15) is 0 Å². The molecule has 0 aliphatic carbocycles. The van der Waals surface area contributed by atoms with E-state index in [1.807, 2.05) is 0 Å². The SMILES string of the molecule is CC(C)C[Si](CC(C)C)(CC(C)C)OC(=O)/N=N/C(=O)O[Si](CC(C)C)(CC(C)C)CC(C)C. The van der Waals surface area contributed by atoms with E-state index in [-0.39, 0.29) is 0 Å². The second-order valence-corrected chi connectivity index (χ2v) is 20.5. The number of carbonyl (C=O) groups is 2. The predicted octanol–water partition coefficient (Wildman–Crippen LogP) is 9.54. The Morgan fingerprint density at radius 1 is 0.471 bits per heavy atom. The first-order valence-corrected chi connectivity index (χ1v) is 18.4. The van der Waals surface area contributed by atoms with Crippen molar-refractivity contribution in [1.29, 1.82) is 0 Å². The largest absolute Gasteiger partial charge is 0.501 e. The molecule has 0 aliphatic heterocycles. The van der Waals surface area contributed by atoms with Crippen LogP contribution in [0.2, 0.25) is 36.3 Å². The lowest BCUT2D eigenvalue weighted by atomic mass is 10.2. The average Bonchev–Trinajstić information content (AvgIpc) is 2.55. The van der Waals surface area contributed by atoms with E-state index in [1.165, 1.54) is 0 Å². The molecule has 0 aliphatic rings. The summed E-state index contributed by atoms with van der Waals surface area (Å²) in [5.74, 6) is 2.55. The van der Waals surface area contributed by atoms with Crippen LogP contribution in [-0.2, 0) is 8.85 Å². The molecule has 200 valence electrons. The number of rotatable bonds is 14. The summed E-state index contributed by atoms with van der Waals surface area (Å²) < 4.78 is 12.2. The van der Waals surface area contributed by atoms with Crippen LogP contribution in [0.3, 0.4) is 0 Å². The summed E-state index contributed by atoms with van der Waals surface area (Å²) in [6.07, 6.45) is -1.48. The zero-order valence-electron chi connectivity index (χ0n) is 24.2. The molecule has 0 atom stereocenters. The fourth-order valence-electron chi connectivity index (χ4n) is 5.71. The number of hydrogen-bond donors (Lipinski definition) is 0. The van der Waals surface area contributed by atoms with Crippen LogP contribution in [0, 0.1) is 35.5 Å². The molecule has 0 bridgehead atoms. The van der Waals surface area contributed by atoms with Crippen molar-refractivity contribution in [2.24, 2.45) is 45.7 Å². The minimum atomic E-state index is -2.38. The standard InChI is InChI=1S/C26H54N2O4Si2/c1-19(2)13-33(14-20(3)4,15-21(5)6)31-25(29)27-28-26(30)32-34(16-22(7)8,17-23(9)10)18-24(11)12/h19-24H,13-18H2,1-12H3/b28-27+. The van der Waals surface area contributed by atoms with Crippen LogP contribution in [0.4, 0.5) is 9.59 Å². The highest BCUT2D eigenvalue weighted by Gasteiger charge is 2.42. The molecule has 0 saturated heterocycles. The first-order valence-electron chi connectivity index (χ1n) is 13.4. The maximum absolute atomic E-state index is 12.8. The second-order valence-electron chi connectivity index (χ2n) is 12.9. The molecule has 0 aromatic carbocycles. The van der Waals surface area contributed by atoms with E-state index < -0.39 is 28.8 Å². The van der Waals surface area contributed by atoms with Crippen molar-refractivity contribution in [3.63, 3.8) is 0 Å². The van der Waals surface area contributed by atoms with Gasteiger partial charge in [-0.05, 0) is 71.8 Å². The smallest absolute Gasteiger partial charge is 0.439 e. The zero-order chi connectivity index (χ0) is 26.7. The molecule has 0 aromatic heterocycles. The van der Waals surface area contributed by atoms with Crippen LogP contribution >= 0.6 is 0 Å². The zero-order valence-corrected chi connectivity index (χ0v) is 26.2. The number of nitrogens with zero attached hydrogens (tertiary/aromatic N) is 2. The van der Waals surface area contributed by atoms with E-state index in [9.17, 15) is 9.59 Å². The molecule has 0 fully saturated rings. The van der Waals surface area contributed by atoms with Gasteiger partial charge < -0.3 is 8.85 Å². The third-order valence-electron chi connectivity index (χ3n) is 5.50. The molecular formula is C26H54N2O4Si2. The van der Waals surface area contributed by atoms with E-state index in [0.29, 0.717) is 35.5 Å². The lowest BCUT2D eigenvalue weighted by Gasteiger charge is -2.34. The quantitative estimate of drug-likeness (QED) is 0.171. The minimum absolute atomic E-state index is 0.425. The Morgan fingerprint density at radius 3 is 0.794 bits per heavy atom. The van der Waals surface area contributed by atoms with Crippen molar-refractivity contribution in [2.75, 3.05) is 0 Å². The Balaban J connectivity index is 5.67. The highest BCUT2D eigenvalue weighted by Crippen LogP contribution is 2.35. The molecule has 0 saturated carbocycles. The van der Waals surface area contributed by atoms with Gasteiger partial charge in [0.05, 0.1) is 0 Å². The Morgan fingerprint density at radius 2 is 0.647 bits per heavy atom. The number of amides is 2. The van der Waals surface area contributed by atoms with Gasteiger partial charge >= 0.3 is 12.2 Å². The Labute approximate surface area is 212 Å². The Hall–Kier alpha value is -1.03. The molecule has 0 rings (SSSR count). The molecule has 2 amide bonds. The summed E-state index contributed by atoms with van der Waals surface area (Å²) in [6.45, 7) is 26.0. The molecule has 6 nitrogen and oxygen atoms in total. The van der Waals surface area contributed by atoms with Crippen LogP contribution in [0.25, 0.3) is 0 Å². The molecule has 0 aromatic rings. The summed E-state index contributed by atoms with van der Waals surface area (Å²) in [7, 11) is -4.76. The van der Waals surface area contributed by atoms with Crippen LogP contribution < -0.4 is 0 Å². The van der Waals surface area contributed by atoms with Crippen molar-refractivity contribution in [1.82, 2.24) is 0 Å². The van der Waals surface area contributed by atoms with Gasteiger partial charge in [0.1, 0.15) is 0 Å². The monoisotopic (exact) mass is 514 g/mol. The molecule has 0 unspecified atom stereocenters. The third-order valence-corrected chi connectivity index (χ3v) is 16.1. The van der Waals surface area contributed by atoms with Crippen LogP contribution in [0.5, 0.6) is 0 Å². The lowest BCUT2D eigenvalue weighted by Crippen LogP contribution is -2.44. The Kier molecular flexibility index (Phi) is 14.7. The average molecular weight is 515 g/mol. The summed E-state index contributed by atoms with van der Waals surface area (Å²) >= 11 is 0. The van der Waals surface area contributed by atoms with Gasteiger partial charge in [0.25, 0.3) is 16.6 Å². The van der Waals surface area contributed by atoms with Crippen molar-refractivity contribution in [2.45, 2.75) is 119 Å². The summed E-state index contributed by atoms with van der Waals surface area (Å²) in [5.41, 5.74) is 0. The van der Waals surface area contributed by atoms with Gasteiger partial charge in [-0.3, -0.25) is 0 Å². The summed E-state index contributed by atoms with van der Waals surface area (Å²) in [4.78, 5) is 25.5. The maximum atomic E-state index is 12.8. The molecule has 8 heteroatoms. The molecule has 34 heavy (non-hydrogen) atoms. The molecule has 0 spiro atoms. The van der Waals surface area contributed by atoms with Gasteiger partial charge in [0.2, 0.25) is 0 Å². The Bertz CT molecular complexity index is 540. The van der Waals surface area contributed by atoms with Crippen molar-refractivity contribution >= 4 is 28.8 Å². The molecular weight excluding hydrogens is 460 g/mol. The number of hydrogen-bond acceptors (Lipinski definition) is 4. The predicted molar refractivity (Wildman–Crippen MR) is 147 cm³/mol. The minimum Gasteiger partial charge on any atom is -0.501 e. The van der Waals surface area contributed by atoms with Gasteiger partial charge in [-0.1, -0.05) is 93.3 Å². The first kappa shape index (κ1) is 33.0. The fraction of sp³-hybridized carbons (Fsp3) is 0.923. The first-order chi connectivity index (χ1) is 15.5. The van der Waals surface area contributed by atoms with Gasteiger partial charge in [-0.15, -0.1) is 0 Å². The van der Waals surface area contributed by atoms with E-state index in [4.69, 9.17) is 8.85 Å².